The minimum absolute atomic E-state index is 0.119. The highest BCUT2D eigenvalue weighted by atomic mass is 16.5. The molecule has 0 saturated carbocycles. The van der Waals surface area contributed by atoms with Crippen molar-refractivity contribution in [3.05, 3.63) is 112 Å². The Balaban J connectivity index is 1.16. The summed E-state index contributed by atoms with van der Waals surface area (Å²) in [4.78, 5) is 26.8. The molecule has 3 aromatic carbocycles. The molecule has 0 atom stereocenters. The van der Waals surface area contributed by atoms with Gasteiger partial charge in [0.1, 0.15) is 16.9 Å². The van der Waals surface area contributed by atoms with E-state index in [1.54, 1.807) is 25.1 Å². The lowest BCUT2D eigenvalue weighted by Crippen LogP contribution is -2.44. The zero-order valence-corrected chi connectivity index (χ0v) is 22.8. The molecule has 7 nitrogen and oxygen atoms in total. The van der Waals surface area contributed by atoms with Crippen LogP contribution in [0.25, 0.3) is 11.0 Å². The van der Waals surface area contributed by atoms with Gasteiger partial charge >= 0.3 is 5.97 Å². The van der Waals surface area contributed by atoms with Crippen molar-refractivity contribution in [2.24, 2.45) is 5.92 Å². The Kier molecular flexibility index (Phi) is 8.63. The number of hydrogen-bond acceptors (Lipinski definition) is 7. The molecule has 1 saturated heterocycles. The maximum absolute atomic E-state index is 12.4. The highest BCUT2D eigenvalue weighted by Gasteiger charge is 2.41. The Morgan fingerprint density at radius 3 is 2.25 bits per heavy atom. The summed E-state index contributed by atoms with van der Waals surface area (Å²) in [6, 6.07) is 26.2. The first kappa shape index (κ1) is 27.6. The van der Waals surface area contributed by atoms with Gasteiger partial charge in [-0.2, -0.15) is 0 Å². The lowest BCUT2D eigenvalue weighted by atomic mass is 9.72. The van der Waals surface area contributed by atoms with Gasteiger partial charge in [-0.05, 0) is 68.5 Å². The summed E-state index contributed by atoms with van der Waals surface area (Å²) >= 11 is 0. The minimum Gasteiger partial charge on any atom is -0.493 e. The summed E-state index contributed by atoms with van der Waals surface area (Å²) in [6.07, 6.45) is 2.62. The van der Waals surface area contributed by atoms with E-state index in [9.17, 15) is 14.7 Å². The van der Waals surface area contributed by atoms with Crippen LogP contribution in [0, 0.1) is 5.92 Å². The molecule has 1 aliphatic heterocycles. The molecule has 1 N–H and O–H groups in total. The van der Waals surface area contributed by atoms with E-state index in [1.807, 2.05) is 60.7 Å². The van der Waals surface area contributed by atoms with Crippen molar-refractivity contribution in [1.29, 1.82) is 0 Å². The third kappa shape index (κ3) is 5.96. The van der Waals surface area contributed by atoms with Crippen molar-refractivity contribution in [2.75, 3.05) is 32.8 Å². The van der Waals surface area contributed by atoms with Gasteiger partial charge < -0.3 is 23.9 Å². The maximum Gasteiger partial charge on any atom is 0.374 e. The fraction of sp³-hybridized carbons (Fsp3) is 0.333. The molecule has 1 fully saturated rings. The molecule has 4 aromatic rings. The fourth-order valence-electron chi connectivity index (χ4n) is 5.60. The molecule has 1 aliphatic rings. The smallest absolute Gasteiger partial charge is 0.374 e. The molecular weight excluding hydrogens is 506 g/mol. The van der Waals surface area contributed by atoms with Crippen LogP contribution in [0.2, 0.25) is 0 Å². The van der Waals surface area contributed by atoms with Gasteiger partial charge in [-0.3, -0.25) is 4.79 Å². The zero-order valence-electron chi connectivity index (χ0n) is 22.8. The Morgan fingerprint density at radius 2 is 1.62 bits per heavy atom. The molecule has 0 spiro atoms. The number of hydrogen-bond donors (Lipinski definition) is 1. The first-order valence-electron chi connectivity index (χ1n) is 13.9. The van der Waals surface area contributed by atoms with Crippen LogP contribution in [0.3, 0.4) is 0 Å². The summed E-state index contributed by atoms with van der Waals surface area (Å²) in [5.74, 6) is -0.0865. The van der Waals surface area contributed by atoms with E-state index in [1.165, 1.54) is 0 Å². The highest BCUT2D eigenvalue weighted by molar-refractivity contribution is 5.89. The quantitative estimate of drug-likeness (QED) is 0.213. The second kappa shape index (κ2) is 12.5. The predicted octanol–water partition coefficient (Wildman–Crippen LogP) is 5.39. The number of likely N-dealkylation sites (tertiary alicyclic amines) is 1. The Hall–Kier alpha value is -3.94. The Labute approximate surface area is 234 Å². The molecule has 1 aromatic heterocycles. The number of nitrogens with zero attached hydrogens (tertiary/aromatic N) is 1. The van der Waals surface area contributed by atoms with Gasteiger partial charge in [-0.1, -0.05) is 60.7 Å². The van der Waals surface area contributed by atoms with Gasteiger partial charge in [0, 0.05) is 18.7 Å². The average Bonchev–Trinajstić information content (AvgIpc) is 3.00. The van der Waals surface area contributed by atoms with Crippen LogP contribution in [0.5, 0.6) is 5.75 Å². The van der Waals surface area contributed by atoms with E-state index in [0.29, 0.717) is 23.3 Å². The van der Waals surface area contributed by atoms with E-state index >= 15 is 0 Å². The monoisotopic (exact) mass is 541 g/mol. The van der Waals surface area contributed by atoms with Crippen molar-refractivity contribution >= 4 is 16.9 Å². The van der Waals surface area contributed by atoms with Crippen molar-refractivity contribution in [2.45, 2.75) is 31.8 Å². The van der Waals surface area contributed by atoms with E-state index in [0.717, 1.165) is 56.1 Å². The lowest BCUT2D eigenvalue weighted by molar-refractivity contribution is -0.0146. The SMILES string of the molecule is CCOC(=O)c1cc(=O)c2ccc(OCCCN3CCC(C(O)(c4ccccc4)c4ccccc4)CC3)cc2o1. The van der Waals surface area contributed by atoms with Crippen molar-refractivity contribution in [1.82, 2.24) is 4.90 Å². The first-order valence-corrected chi connectivity index (χ1v) is 13.9. The average molecular weight is 542 g/mol. The largest absolute Gasteiger partial charge is 0.493 e. The van der Waals surface area contributed by atoms with E-state index < -0.39 is 11.6 Å². The second-order valence-electron chi connectivity index (χ2n) is 10.2. The number of carbonyl (C=O) groups is 1. The van der Waals surface area contributed by atoms with Crippen LogP contribution < -0.4 is 10.2 Å². The number of fused-ring (bicyclic) bond motifs is 1. The maximum atomic E-state index is 12.4. The number of ether oxygens (including phenoxy) is 2. The molecule has 0 bridgehead atoms. The van der Waals surface area contributed by atoms with Crippen molar-refractivity contribution in [3.63, 3.8) is 0 Å². The third-order valence-electron chi connectivity index (χ3n) is 7.67. The number of esters is 1. The number of rotatable bonds is 10. The van der Waals surface area contributed by atoms with E-state index in [4.69, 9.17) is 13.9 Å². The molecule has 5 rings (SSSR count). The standard InChI is InChI=1S/C33H35NO6/c1-2-38-32(36)31-23-29(35)28-15-14-27(22-30(28)40-31)39-21-9-18-34-19-16-26(17-20-34)33(37,24-10-5-3-6-11-24)25-12-7-4-8-13-25/h3-8,10-15,22-23,26,37H,2,9,16-21H2,1H3. The number of carbonyl (C=O) groups excluding carboxylic acids is 1. The molecule has 0 amide bonds. The predicted molar refractivity (Wildman–Crippen MR) is 154 cm³/mol. The molecule has 0 aliphatic carbocycles. The van der Waals surface area contributed by atoms with Gasteiger partial charge in [0.2, 0.25) is 5.76 Å². The van der Waals surface area contributed by atoms with Crippen LogP contribution in [-0.4, -0.2) is 48.8 Å². The van der Waals surface area contributed by atoms with Crippen molar-refractivity contribution in [3.8, 4) is 5.75 Å². The Morgan fingerprint density at radius 1 is 0.975 bits per heavy atom. The third-order valence-corrected chi connectivity index (χ3v) is 7.67. The molecular formula is C33H35NO6. The molecule has 40 heavy (non-hydrogen) atoms. The molecule has 0 radical (unpaired) electrons. The zero-order chi connectivity index (χ0) is 28.0. The summed E-state index contributed by atoms with van der Waals surface area (Å²) in [5, 5.41) is 12.5. The second-order valence-corrected chi connectivity index (χ2v) is 10.2. The van der Waals surface area contributed by atoms with Gasteiger partial charge in [0.15, 0.2) is 5.43 Å². The van der Waals surface area contributed by atoms with Crippen molar-refractivity contribution < 1.29 is 23.8 Å². The lowest BCUT2D eigenvalue weighted by Gasteiger charge is -2.42. The number of aliphatic hydroxyl groups is 1. The first-order chi connectivity index (χ1) is 19.5. The van der Waals surface area contributed by atoms with Gasteiger partial charge in [-0.25, -0.2) is 4.79 Å². The van der Waals surface area contributed by atoms with Crippen LogP contribution in [-0.2, 0) is 10.3 Å². The normalized spacial score (nSPS) is 14.8. The van der Waals surface area contributed by atoms with E-state index in [2.05, 4.69) is 4.90 Å². The van der Waals surface area contributed by atoms with Gasteiger partial charge in [0.05, 0.1) is 18.6 Å². The topological polar surface area (TPSA) is 89.2 Å². The molecule has 208 valence electrons. The summed E-state index contributed by atoms with van der Waals surface area (Å²) < 4.78 is 16.5. The van der Waals surface area contributed by atoms with E-state index in [-0.39, 0.29) is 23.7 Å². The molecule has 7 heteroatoms. The van der Waals surface area contributed by atoms with Gasteiger partial charge in [-0.15, -0.1) is 0 Å². The highest BCUT2D eigenvalue weighted by Crippen LogP contribution is 2.41. The number of piperidine rings is 1. The summed E-state index contributed by atoms with van der Waals surface area (Å²) in [7, 11) is 0. The van der Waals surface area contributed by atoms with Crippen LogP contribution in [0.4, 0.5) is 0 Å². The molecule has 2 heterocycles. The fourth-order valence-corrected chi connectivity index (χ4v) is 5.60. The van der Waals surface area contributed by atoms with Gasteiger partial charge in [0.25, 0.3) is 0 Å². The van der Waals surface area contributed by atoms with Crippen LogP contribution in [0.1, 0.15) is 47.9 Å². The van der Waals surface area contributed by atoms with Crippen LogP contribution >= 0.6 is 0 Å². The Bertz CT molecular complexity index is 1440. The minimum atomic E-state index is -1.02. The summed E-state index contributed by atoms with van der Waals surface area (Å²) in [5.41, 5.74) is 0.850. The van der Waals surface area contributed by atoms with Crippen LogP contribution in [0.15, 0.2) is 94.1 Å². The molecule has 0 unspecified atom stereocenters. The number of benzene rings is 3. The summed E-state index contributed by atoms with van der Waals surface area (Å²) in [6.45, 7) is 5.10.